The van der Waals surface area contributed by atoms with Crippen LogP contribution in [-0.4, -0.2) is 58.6 Å². The first kappa shape index (κ1) is 14.5. The summed E-state index contributed by atoms with van der Waals surface area (Å²) in [5.74, 6) is -0.699. The van der Waals surface area contributed by atoms with Gasteiger partial charge in [0.25, 0.3) is 0 Å². The Morgan fingerprint density at radius 1 is 1.47 bits per heavy atom. The molecule has 1 heterocycles. The second-order valence-electron chi connectivity index (χ2n) is 5.31. The third kappa shape index (κ3) is 3.96. The van der Waals surface area contributed by atoms with Crippen LogP contribution in [0, 0.1) is 0 Å². The van der Waals surface area contributed by atoms with Gasteiger partial charge in [-0.3, -0.25) is 14.6 Å². The van der Waals surface area contributed by atoms with Gasteiger partial charge in [-0.2, -0.15) is 0 Å². The molecule has 0 aromatic heterocycles. The molecule has 1 N–H and O–H groups in total. The van der Waals surface area contributed by atoms with Crippen molar-refractivity contribution in [2.45, 2.75) is 58.7 Å². The number of carboxylic acid groups (broad SMARTS) is 1. The Morgan fingerprint density at radius 3 is 2.53 bits per heavy atom. The summed E-state index contributed by atoms with van der Waals surface area (Å²) in [6.45, 7) is 11.7. The molecule has 0 bridgehead atoms. The molecular weight excluding hydrogens is 216 g/mol. The molecule has 17 heavy (non-hydrogen) atoms. The van der Waals surface area contributed by atoms with Gasteiger partial charge in [-0.15, -0.1) is 0 Å². The maximum Gasteiger partial charge on any atom is 0.304 e. The number of hydrogen-bond donors (Lipinski definition) is 1. The van der Waals surface area contributed by atoms with Crippen molar-refractivity contribution in [3.05, 3.63) is 0 Å². The van der Waals surface area contributed by atoms with Gasteiger partial charge >= 0.3 is 5.97 Å². The molecule has 4 nitrogen and oxygen atoms in total. The molecule has 1 fully saturated rings. The van der Waals surface area contributed by atoms with Gasteiger partial charge in [0.15, 0.2) is 0 Å². The molecule has 0 aromatic carbocycles. The molecule has 0 aromatic rings. The maximum absolute atomic E-state index is 10.8. The van der Waals surface area contributed by atoms with Crippen molar-refractivity contribution in [3.63, 3.8) is 0 Å². The zero-order valence-corrected chi connectivity index (χ0v) is 11.5. The lowest BCUT2D eigenvalue weighted by Gasteiger charge is -2.33. The van der Waals surface area contributed by atoms with Gasteiger partial charge in [-0.1, -0.05) is 6.92 Å². The van der Waals surface area contributed by atoms with E-state index in [2.05, 4.69) is 30.6 Å². The van der Waals surface area contributed by atoms with Crippen LogP contribution in [0.5, 0.6) is 0 Å². The zero-order chi connectivity index (χ0) is 13.0. The van der Waals surface area contributed by atoms with Crippen LogP contribution in [0.3, 0.4) is 0 Å². The number of likely N-dealkylation sites (N-methyl/N-ethyl adjacent to an activating group) is 1. The fourth-order valence-electron chi connectivity index (χ4n) is 2.81. The predicted molar refractivity (Wildman–Crippen MR) is 69.2 cm³/mol. The van der Waals surface area contributed by atoms with E-state index in [1.54, 1.807) is 0 Å². The van der Waals surface area contributed by atoms with E-state index in [1.807, 2.05) is 6.92 Å². The molecule has 4 heteroatoms. The van der Waals surface area contributed by atoms with Crippen molar-refractivity contribution < 1.29 is 9.90 Å². The standard InChI is InChI=1S/C13H26N2O2/c1-5-15(11(4)8-13(16)17)12-6-7-14(9-12)10(2)3/h10-12H,5-9H2,1-4H3,(H,16,17). The lowest BCUT2D eigenvalue weighted by molar-refractivity contribution is -0.138. The number of nitrogens with zero attached hydrogens (tertiary/aromatic N) is 2. The van der Waals surface area contributed by atoms with Crippen molar-refractivity contribution in [2.75, 3.05) is 19.6 Å². The summed E-state index contributed by atoms with van der Waals surface area (Å²) in [5.41, 5.74) is 0. The Balaban J connectivity index is 2.54. The fraction of sp³-hybridized carbons (Fsp3) is 0.923. The molecule has 0 radical (unpaired) electrons. The van der Waals surface area contributed by atoms with Crippen LogP contribution in [0.25, 0.3) is 0 Å². The van der Waals surface area contributed by atoms with E-state index in [-0.39, 0.29) is 12.5 Å². The lowest BCUT2D eigenvalue weighted by Crippen LogP contribution is -2.44. The van der Waals surface area contributed by atoms with Crippen molar-refractivity contribution in [1.82, 2.24) is 9.80 Å². The third-order valence-corrected chi connectivity index (χ3v) is 3.80. The summed E-state index contributed by atoms with van der Waals surface area (Å²) >= 11 is 0. The smallest absolute Gasteiger partial charge is 0.304 e. The topological polar surface area (TPSA) is 43.8 Å². The van der Waals surface area contributed by atoms with Crippen LogP contribution < -0.4 is 0 Å². The second kappa shape index (κ2) is 6.36. The molecule has 1 rings (SSSR count). The van der Waals surface area contributed by atoms with E-state index in [0.717, 1.165) is 26.1 Å². The highest BCUT2D eigenvalue weighted by Crippen LogP contribution is 2.20. The van der Waals surface area contributed by atoms with E-state index >= 15 is 0 Å². The van der Waals surface area contributed by atoms with Crippen molar-refractivity contribution in [2.24, 2.45) is 0 Å². The Hall–Kier alpha value is -0.610. The molecule has 2 unspecified atom stereocenters. The minimum Gasteiger partial charge on any atom is -0.481 e. The lowest BCUT2D eigenvalue weighted by atomic mass is 10.1. The van der Waals surface area contributed by atoms with Gasteiger partial charge in [-0.05, 0) is 33.7 Å². The largest absolute Gasteiger partial charge is 0.481 e. The molecule has 1 aliphatic rings. The van der Waals surface area contributed by atoms with Gasteiger partial charge in [0, 0.05) is 31.2 Å². The van der Waals surface area contributed by atoms with Gasteiger partial charge in [0.1, 0.15) is 0 Å². The highest BCUT2D eigenvalue weighted by molar-refractivity contribution is 5.67. The Bertz CT molecular complexity index is 256. The highest BCUT2D eigenvalue weighted by atomic mass is 16.4. The number of rotatable bonds is 6. The first-order valence-electron chi connectivity index (χ1n) is 6.67. The summed E-state index contributed by atoms with van der Waals surface area (Å²) in [6, 6.07) is 1.25. The Kier molecular flexibility index (Phi) is 5.40. The van der Waals surface area contributed by atoms with Crippen molar-refractivity contribution in [1.29, 1.82) is 0 Å². The molecular formula is C13H26N2O2. The van der Waals surface area contributed by atoms with Gasteiger partial charge in [0.05, 0.1) is 6.42 Å². The first-order chi connectivity index (χ1) is 7.95. The molecule has 2 atom stereocenters. The molecule has 0 amide bonds. The average Bonchev–Trinajstić information content (AvgIpc) is 2.66. The first-order valence-corrected chi connectivity index (χ1v) is 6.67. The summed E-state index contributed by atoms with van der Waals surface area (Å²) in [4.78, 5) is 15.6. The van der Waals surface area contributed by atoms with Crippen LogP contribution in [-0.2, 0) is 4.79 Å². The fourth-order valence-corrected chi connectivity index (χ4v) is 2.81. The van der Waals surface area contributed by atoms with Crippen LogP contribution in [0.2, 0.25) is 0 Å². The number of hydrogen-bond acceptors (Lipinski definition) is 3. The average molecular weight is 242 g/mol. The summed E-state index contributed by atoms with van der Waals surface area (Å²) < 4.78 is 0. The highest BCUT2D eigenvalue weighted by Gasteiger charge is 2.30. The normalized spacial score (nSPS) is 23.5. The van der Waals surface area contributed by atoms with Crippen LogP contribution in [0.4, 0.5) is 0 Å². The van der Waals surface area contributed by atoms with Crippen molar-refractivity contribution >= 4 is 5.97 Å². The van der Waals surface area contributed by atoms with E-state index in [9.17, 15) is 4.79 Å². The van der Waals surface area contributed by atoms with E-state index in [0.29, 0.717) is 12.1 Å². The molecule has 100 valence electrons. The number of aliphatic carboxylic acids is 1. The molecule has 1 saturated heterocycles. The van der Waals surface area contributed by atoms with Crippen LogP contribution >= 0.6 is 0 Å². The minimum atomic E-state index is -0.699. The van der Waals surface area contributed by atoms with Crippen LogP contribution in [0.15, 0.2) is 0 Å². The molecule has 0 spiro atoms. The molecule has 1 aliphatic heterocycles. The summed E-state index contributed by atoms with van der Waals surface area (Å²) in [6.07, 6.45) is 1.40. The number of carbonyl (C=O) groups is 1. The zero-order valence-electron chi connectivity index (χ0n) is 11.5. The van der Waals surface area contributed by atoms with E-state index < -0.39 is 5.97 Å². The molecule has 0 saturated carbocycles. The summed E-state index contributed by atoms with van der Waals surface area (Å²) in [5, 5.41) is 8.87. The Morgan fingerprint density at radius 2 is 2.12 bits per heavy atom. The number of carboxylic acids is 1. The van der Waals surface area contributed by atoms with Gasteiger partial charge in [-0.25, -0.2) is 0 Å². The van der Waals surface area contributed by atoms with Crippen molar-refractivity contribution in [3.8, 4) is 0 Å². The van der Waals surface area contributed by atoms with E-state index in [4.69, 9.17) is 5.11 Å². The Labute approximate surface area is 105 Å². The second-order valence-corrected chi connectivity index (χ2v) is 5.31. The number of likely N-dealkylation sites (tertiary alicyclic amines) is 1. The maximum atomic E-state index is 10.8. The monoisotopic (exact) mass is 242 g/mol. The minimum absolute atomic E-state index is 0.134. The third-order valence-electron chi connectivity index (χ3n) is 3.80. The van der Waals surface area contributed by atoms with E-state index in [1.165, 1.54) is 0 Å². The molecule has 0 aliphatic carbocycles. The summed E-state index contributed by atoms with van der Waals surface area (Å²) in [7, 11) is 0. The quantitative estimate of drug-likeness (QED) is 0.769. The predicted octanol–water partition coefficient (Wildman–Crippen LogP) is 1.65. The van der Waals surface area contributed by atoms with Gasteiger partial charge < -0.3 is 5.11 Å². The van der Waals surface area contributed by atoms with Gasteiger partial charge in [0.2, 0.25) is 0 Å². The van der Waals surface area contributed by atoms with Crippen LogP contribution in [0.1, 0.15) is 40.5 Å². The SMILES string of the molecule is CCN(C(C)CC(=O)O)C1CCN(C(C)C)C1.